The summed E-state index contributed by atoms with van der Waals surface area (Å²) in [6.45, 7) is 1.12. The number of pyridine rings is 1. The van der Waals surface area contributed by atoms with E-state index in [1.807, 2.05) is 0 Å². The fourth-order valence-corrected chi connectivity index (χ4v) is 3.06. The molecule has 2 heterocycles. The van der Waals surface area contributed by atoms with Crippen molar-refractivity contribution >= 4 is 17.5 Å². The van der Waals surface area contributed by atoms with Gasteiger partial charge in [-0.1, -0.05) is 12.1 Å². The molecule has 3 rings (SSSR count). The first-order chi connectivity index (χ1) is 12.1. The standard InChI is InChI=1S/C19H20FN3O2/c20-16-5-3-14(4-6-16)12-15-7-10-23(11-8-15)19(25)18(24)22-17-2-1-9-21-13-17/h1-6,9,13,15H,7-8,10-12H2,(H,22,24). The highest BCUT2D eigenvalue weighted by molar-refractivity contribution is 6.39. The van der Waals surface area contributed by atoms with Crippen molar-refractivity contribution in [2.24, 2.45) is 5.92 Å². The first-order valence-corrected chi connectivity index (χ1v) is 8.36. The summed E-state index contributed by atoms with van der Waals surface area (Å²) in [7, 11) is 0. The molecule has 0 bridgehead atoms. The average molecular weight is 341 g/mol. The number of benzene rings is 1. The Labute approximate surface area is 145 Å². The summed E-state index contributed by atoms with van der Waals surface area (Å²) >= 11 is 0. The van der Waals surface area contributed by atoms with E-state index in [0.29, 0.717) is 24.7 Å². The number of halogens is 1. The zero-order valence-corrected chi connectivity index (χ0v) is 13.8. The minimum atomic E-state index is -0.634. The Morgan fingerprint density at radius 3 is 2.52 bits per heavy atom. The molecule has 0 spiro atoms. The molecule has 5 nitrogen and oxygen atoms in total. The summed E-state index contributed by atoms with van der Waals surface area (Å²) in [4.78, 5) is 29.8. The van der Waals surface area contributed by atoms with Gasteiger partial charge in [0.05, 0.1) is 11.9 Å². The van der Waals surface area contributed by atoms with Crippen LogP contribution in [-0.2, 0) is 16.0 Å². The van der Waals surface area contributed by atoms with Crippen LogP contribution >= 0.6 is 0 Å². The fourth-order valence-electron chi connectivity index (χ4n) is 3.06. The van der Waals surface area contributed by atoms with E-state index >= 15 is 0 Å². The third kappa shape index (κ3) is 4.62. The van der Waals surface area contributed by atoms with Crippen molar-refractivity contribution in [2.45, 2.75) is 19.3 Å². The maximum atomic E-state index is 13.0. The molecule has 1 fully saturated rings. The molecule has 1 saturated heterocycles. The van der Waals surface area contributed by atoms with Crippen LogP contribution < -0.4 is 5.32 Å². The number of rotatable bonds is 3. The van der Waals surface area contributed by atoms with Crippen LogP contribution in [0.25, 0.3) is 0 Å². The molecule has 0 unspecified atom stereocenters. The van der Waals surface area contributed by atoms with E-state index in [-0.39, 0.29) is 5.82 Å². The molecule has 0 radical (unpaired) electrons. The number of carbonyl (C=O) groups is 2. The van der Waals surface area contributed by atoms with Crippen molar-refractivity contribution in [3.05, 3.63) is 60.2 Å². The summed E-state index contributed by atoms with van der Waals surface area (Å²) in [5.74, 6) is -0.936. The Kier molecular flexibility index (Phi) is 5.38. The number of hydrogen-bond donors (Lipinski definition) is 1. The smallest absolute Gasteiger partial charge is 0.313 e. The van der Waals surface area contributed by atoms with Gasteiger partial charge in [-0.3, -0.25) is 14.6 Å². The number of piperidine rings is 1. The Hall–Kier alpha value is -2.76. The van der Waals surface area contributed by atoms with Crippen molar-refractivity contribution in [2.75, 3.05) is 18.4 Å². The van der Waals surface area contributed by atoms with Crippen LogP contribution in [0.15, 0.2) is 48.8 Å². The topological polar surface area (TPSA) is 62.3 Å². The Morgan fingerprint density at radius 2 is 1.88 bits per heavy atom. The van der Waals surface area contributed by atoms with Gasteiger partial charge in [-0.15, -0.1) is 0 Å². The molecule has 1 aromatic carbocycles. The number of nitrogens with one attached hydrogen (secondary N) is 1. The molecule has 1 aliphatic heterocycles. The van der Waals surface area contributed by atoms with Gasteiger partial charge in [-0.2, -0.15) is 0 Å². The van der Waals surface area contributed by atoms with Crippen LogP contribution in [0.5, 0.6) is 0 Å². The molecule has 2 amide bonds. The monoisotopic (exact) mass is 341 g/mol. The van der Waals surface area contributed by atoms with Gasteiger partial charge in [0.2, 0.25) is 0 Å². The maximum absolute atomic E-state index is 13.0. The number of anilines is 1. The summed E-state index contributed by atoms with van der Waals surface area (Å²) in [5, 5.41) is 2.57. The minimum Gasteiger partial charge on any atom is -0.334 e. The Morgan fingerprint density at radius 1 is 1.16 bits per heavy atom. The molecule has 0 saturated carbocycles. The van der Waals surface area contributed by atoms with Crippen LogP contribution in [0.1, 0.15) is 18.4 Å². The van der Waals surface area contributed by atoms with Gasteiger partial charge in [0, 0.05) is 19.3 Å². The van der Waals surface area contributed by atoms with Gasteiger partial charge in [0.25, 0.3) is 0 Å². The summed E-state index contributed by atoms with van der Waals surface area (Å²) in [6, 6.07) is 9.92. The van der Waals surface area contributed by atoms with Crippen molar-refractivity contribution in [3.63, 3.8) is 0 Å². The Balaban J connectivity index is 1.48. The molecule has 1 N–H and O–H groups in total. The second-order valence-electron chi connectivity index (χ2n) is 6.26. The molecule has 1 aromatic heterocycles. The number of nitrogens with zero attached hydrogens (tertiary/aromatic N) is 2. The van der Waals surface area contributed by atoms with E-state index in [1.165, 1.54) is 18.3 Å². The van der Waals surface area contributed by atoms with Crippen LogP contribution in [0, 0.1) is 11.7 Å². The molecule has 0 aliphatic carbocycles. The fraction of sp³-hybridized carbons (Fsp3) is 0.316. The van der Waals surface area contributed by atoms with Gasteiger partial charge in [-0.05, 0) is 55.0 Å². The van der Waals surface area contributed by atoms with Gasteiger partial charge in [0.15, 0.2) is 0 Å². The van der Waals surface area contributed by atoms with E-state index in [1.54, 1.807) is 35.4 Å². The van der Waals surface area contributed by atoms with E-state index in [0.717, 1.165) is 24.8 Å². The normalized spacial score (nSPS) is 15.0. The maximum Gasteiger partial charge on any atom is 0.313 e. The highest BCUT2D eigenvalue weighted by Crippen LogP contribution is 2.22. The largest absolute Gasteiger partial charge is 0.334 e. The number of aromatic nitrogens is 1. The number of likely N-dealkylation sites (tertiary alicyclic amines) is 1. The van der Waals surface area contributed by atoms with E-state index in [4.69, 9.17) is 0 Å². The number of hydrogen-bond acceptors (Lipinski definition) is 3. The summed E-state index contributed by atoms with van der Waals surface area (Å²) in [5.41, 5.74) is 1.60. The molecule has 2 aromatic rings. The molecule has 25 heavy (non-hydrogen) atoms. The molecule has 130 valence electrons. The first-order valence-electron chi connectivity index (χ1n) is 8.36. The average Bonchev–Trinajstić information content (AvgIpc) is 2.64. The lowest BCUT2D eigenvalue weighted by Crippen LogP contribution is -2.44. The first kappa shape index (κ1) is 17.1. The Bertz CT molecular complexity index is 726. The predicted octanol–water partition coefficient (Wildman–Crippen LogP) is 2.64. The van der Waals surface area contributed by atoms with E-state index in [2.05, 4.69) is 10.3 Å². The SMILES string of the molecule is O=C(Nc1cccnc1)C(=O)N1CCC(Cc2ccc(F)cc2)CC1. The van der Waals surface area contributed by atoms with Gasteiger partial charge >= 0.3 is 11.8 Å². The third-order valence-corrected chi connectivity index (χ3v) is 4.45. The molecule has 6 heteroatoms. The second-order valence-corrected chi connectivity index (χ2v) is 6.26. The summed E-state index contributed by atoms with van der Waals surface area (Å²) in [6.07, 6.45) is 5.64. The predicted molar refractivity (Wildman–Crippen MR) is 92.3 cm³/mol. The molecule has 1 aliphatic rings. The van der Waals surface area contributed by atoms with Crippen molar-refractivity contribution in [1.29, 1.82) is 0 Å². The number of amides is 2. The van der Waals surface area contributed by atoms with Crippen molar-refractivity contribution < 1.29 is 14.0 Å². The van der Waals surface area contributed by atoms with Crippen LogP contribution in [0.2, 0.25) is 0 Å². The second kappa shape index (κ2) is 7.88. The number of carbonyl (C=O) groups excluding carboxylic acids is 2. The van der Waals surface area contributed by atoms with E-state index in [9.17, 15) is 14.0 Å². The lowest BCUT2D eigenvalue weighted by atomic mass is 9.90. The third-order valence-electron chi connectivity index (χ3n) is 4.45. The zero-order valence-electron chi connectivity index (χ0n) is 13.8. The lowest BCUT2D eigenvalue weighted by molar-refractivity contribution is -0.144. The highest BCUT2D eigenvalue weighted by Gasteiger charge is 2.27. The van der Waals surface area contributed by atoms with Gasteiger partial charge in [0.1, 0.15) is 5.82 Å². The molecule has 0 atom stereocenters. The van der Waals surface area contributed by atoms with Crippen LogP contribution in [0.3, 0.4) is 0 Å². The molecular formula is C19H20FN3O2. The van der Waals surface area contributed by atoms with Crippen molar-refractivity contribution in [3.8, 4) is 0 Å². The van der Waals surface area contributed by atoms with Crippen LogP contribution in [0.4, 0.5) is 10.1 Å². The van der Waals surface area contributed by atoms with E-state index < -0.39 is 11.8 Å². The quantitative estimate of drug-likeness (QED) is 0.873. The van der Waals surface area contributed by atoms with Gasteiger partial charge in [-0.25, -0.2) is 4.39 Å². The van der Waals surface area contributed by atoms with Crippen LogP contribution in [-0.4, -0.2) is 34.8 Å². The molecular weight excluding hydrogens is 321 g/mol. The van der Waals surface area contributed by atoms with Gasteiger partial charge < -0.3 is 10.2 Å². The summed E-state index contributed by atoms with van der Waals surface area (Å²) < 4.78 is 13.0. The minimum absolute atomic E-state index is 0.233. The zero-order chi connectivity index (χ0) is 17.6. The lowest BCUT2D eigenvalue weighted by Gasteiger charge is -2.31. The highest BCUT2D eigenvalue weighted by atomic mass is 19.1. The van der Waals surface area contributed by atoms with Crippen molar-refractivity contribution in [1.82, 2.24) is 9.88 Å².